The molecule has 1 saturated heterocycles. The van der Waals surface area contributed by atoms with Crippen LogP contribution in [0.4, 0.5) is 0 Å². The standard InChI is InChI=1S/C17H26ClN3O3S/c1-3-6-14(2)19-17(22)13-20-9-11-21(12-10-20)25(23,24)16-8-5-4-7-15(16)18/h4-5,7-8,14H,3,6,9-13H2,1-2H3,(H,19,22)/p+1/t14-/m1/s1. The van der Waals surface area contributed by atoms with Crippen molar-refractivity contribution in [3.63, 3.8) is 0 Å². The minimum Gasteiger partial charge on any atom is -0.349 e. The molecule has 1 aromatic rings. The highest BCUT2D eigenvalue weighted by molar-refractivity contribution is 7.89. The van der Waals surface area contributed by atoms with E-state index in [-0.39, 0.29) is 21.9 Å². The van der Waals surface area contributed by atoms with Crippen molar-refractivity contribution in [2.45, 2.75) is 37.6 Å². The van der Waals surface area contributed by atoms with E-state index in [0.717, 1.165) is 17.7 Å². The van der Waals surface area contributed by atoms with Crippen molar-refractivity contribution in [3.05, 3.63) is 29.3 Å². The Morgan fingerprint density at radius 1 is 1.32 bits per heavy atom. The van der Waals surface area contributed by atoms with Crippen LogP contribution in [-0.2, 0) is 14.8 Å². The Morgan fingerprint density at radius 3 is 2.56 bits per heavy atom. The maximum Gasteiger partial charge on any atom is 0.275 e. The molecular weight excluding hydrogens is 362 g/mol. The number of nitrogens with zero attached hydrogens (tertiary/aromatic N) is 1. The first-order valence-electron chi connectivity index (χ1n) is 8.72. The second-order valence-corrected chi connectivity index (χ2v) is 8.83. The lowest BCUT2D eigenvalue weighted by molar-refractivity contribution is -0.895. The van der Waals surface area contributed by atoms with Crippen molar-refractivity contribution < 1.29 is 18.1 Å². The third kappa shape index (κ3) is 5.41. The van der Waals surface area contributed by atoms with Crippen LogP contribution in [0.1, 0.15) is 26.7 Å². The van der Waals surface area contributed by atoms with Crippen LogP contribution in [0.15, 0.2) is 29.2 Å². The zero-order chi connectivity index (χ0) is 18.4. The van der Waals surface area contributed by atoms with Crippen molar-refractivity contribution in [2.75, 3.05) is 32.7 Å². The lowest BCUT2D eigenvalue weighted by Crippen LogP contribution is -3.15. The lowest BCUT2D eigenvalue weighted by atomic mass is 10.2. The summed E-state index contributed by atoms with van der Waals surface area (Å²) in [4.78, 5) is 13.3. The van der Waals surface area contributed by atoms with Crippen molar-refractivity contribution in [2.24, 2.45) is 0 Å². The zero-order valence-electron chi connectivity index (χ0n) is 14.8. The molecule has 2 N–H and O–H groups in total. The van der Waals surface area contributed by atoms with Crippen LogP contribution in [0.3, 0.4) is 0 Å². The van der Waals surface area contributed by atoms with Gasteiger partial charge < -0.3 is 10.2 Å². The molecule has 1 aliphatic rings. The molecule has 0 radical (unpaired) electrons. The van der Waals surface area contributed by atoms with Crippen LogP contribution in [0.5, 0.6) is 0 Å². The van der Waals surface area contributed by atoms with Gasteiger partial charge in [0.2, 0.25) is 10.0 Å². The summed E-state index contributed by atoms with van der Waals surface area (Å²) in [5.74, 6) is 0.0263. The van der Waals surface area contributed by atoms with Gasteiger partial charge in [0.1, 0.15) is 4.90 Å². The summed E-state index contributed by atoms with van der Waals surface area (Å²) in [5, 5.41) is 3.23. The third-order valence-corrected chi connectivity index (χ3v) is 6.82. The molecule has 25 heavy (non-hydrogen) atoms. The Balaban J connectivity index is 1.89. The van der Waals surface area contributed by atoms with Crippen molar-refractivity contribution >= 4 is 27.5 Å². The van der Waals surface area contributed by atoms with Crippen LogP contribution < -0.4 is 10.2 Å². The molecule has 0 saturated carbocycles. The third-order valence-electron chi connectivity index (χ3n) is 4.42. The monoisotopic (exact) mass is 388 g/mol. The van der Waals surface area contributed by atoms with Gasteiger partial charge in [-0.05, 0) is 25.5 Å². The Hall–Kier alpha value is -1.15. The number of hydrogen-bond donors (Lipinski definition) is 2. The first-order chi connectivity index (χ1) is 11.8. The van der Waals surface area contributed by atoms with Crippen molar-refractivity contribution in [3.8, 4) is 0 Å². The fraction of sp³-hybridized carbons (Fsp3) is 0.588. The molecule has 0 spiro atoms. The number of amides is 1. The van der Waals surface area contributed by atoms with Gasteiger partial charge in [0.25, 0.3) is 5.91 Å². The Bertz CT molecular complexity index is 688. The molecule has 8 heteroatoms. The first-order valence-corrected chi connectivity index (χ1v) is 10.5. The van der Waals surface area contributed by atoms with E-state index in [9.17, 15) is 13.2 Å². The second kappa shape index (κ2) is 8.98. The summed E-state index contributed by atoms with van der Waals surface area (Å²) in [6, 6.07) is 6.67. The minimum absolute atomic E-state index is 0.0263. The minimum atomic E-state index is -3.58. The van der Waals surface area contributed by atoms with Crippen LogP contribution in [0, 0.1) is 0 Å². The van der Waals surface area contributed by atoms with E-state index in [4.69, 9.17) is 11.6 Å². The summed E-state index contributed by atoms with van der Waals surface area (Å²) >= 11 is 6.04. The molecule has 1 atom stereocenters. The maximum absolute atomic E-state index is 12.7. The fourth-order valence-electron chi connectivity index (χ4n) is 3.07. The van der Waals surface area contributed by atoms with Crippen molar-refractivity contribution in [1.82, 2.24) is 9.62 Å². The molecule has 1 amide bonds. The van der Waals surface area contributed by atoms with Gasteiger partial charge in [0, 0.05) is 6.04 Å². The molecule has 6 nitrogen and oxygen atoms in total. The normalized spacial score (nSPS) is 18.0. The number of carbonyl (C=O) groups excluding carboxylic acids is 1. The number of hydrogen-bond acceptors (Lipinski definition) is 3. The Morgan fingerprint density at radius 2 is 1.96 bits per heavy atom. The van der Waals surface area contributed by atoms with E-state index in [1.165, 1.54) is 10.4 Å². The summed E-state index contributed by atoms with van der Waals surface area (Å²) in [6.07, 6.45) is 2.00. The number of halogens is 1. The fourth-order valence-corrected chi connectivity index (χ4v) is 5.01. The first kappa shape index (κ1) is 20.2. The highest BCUT2D eigenvalue weighted by Crippen LogP contribution is 2.23. The molecule has 0 aromatic heterocycles. The van der Waals surface area contributed by atoms with E-state index in [2.05, 4.69) is 12.2 Å². The molecule has 0 unspecified atom stereocenters. The average molecular weight is 389 g/mol. The molecule has 1 aliphatic heterocycles. The summed E-state index contributed by atoms with van der Waals surface area (Å²) in [6.45, 7) is 6.48. The van der Waals surface area contributed by atoms with Gasteiger partial charge in [-0.3, -0.25) is 4.79 Å². The Labute approximate surface area is 155 Å². The lowest BCUT2D eigenvalue weighted by Gasteiger charge is -2.31. The van der Waals surface area contributed by atoms with Gasteiger partial charge in [-0.1, -0.05) is 37.1 Å². The summed E-state index contributed by atoms with van der Waals surface area (Å²) < 4.78 is 26.9. The smallest absolute Gasteiger partial charge is 0.275 e. The molecule has 2 rings (SSSR count). The molecule has 1 fully saturated rings. The number of benzene rings is 1. The number of carbonyl (C=O) groups is 1. The molecule has 0 aliphatic carbocycles. The second-order valence-electron chi connectivity index (χ2n) is 6.52. The predicted octanol–water partition coefficient (Wildman–Crippen LogP) is 0.534. The van der Waals surface area contributed by atoms with Crippen molar-refractivity contribution in [1.29, 1.82) is 0 Å². The highest BCUT2D eigenvalue weighted by Gasteiger charge is 2.32. The summed E-state index contributed by atoms with van der Waals surface area (Å²) in [7, 11) is -3.58. The van der Waals surface area contributed by atoms with Crippen LogP contribution in [-0.4, -0.2) is 57.4 Å². The van der Waals surface area contributed by atoms with E-state index < -0.39 is 10.0 Å². The van der Waals surface area contributed by atoms with Gasteiger partial charge in [-0.15, -0.1) is 0 Å². The highest BCUT2D eigenvalue weighted by atomic mass is 35.5. The van der Waals surface area contributed by atoms with Gasteiger partial charge >= 0.3 is 0 Å². The maximum atomic E-state index is 12.7. The molecule has 140 valence electrons. The SMILES string of the molecule is CCC[C@@H](C)NC(=O)C[NH+]1CCN(S(=O)(=O)c2ccccc2Cl)CC1. The number of rotatable bonds is 7. The quantitative estimate of drug-likeness (QED) is 0.716. The van der Waals surface area contributed by atoms with Gasteiger partial charge in [-0.25, -0.2) is 8.42 Å². The van der Waals surface area contributed by atoms with E-state index in [1.54, 1.807) is 18.2 Å². The zero-order valence-corrected chi connectivity index (χ0v) is 16.4. The number of piperazine rings is 1. The predicted molar refractivity (Wildman–Crippen MR) is 98.3 cm³/mol. The van der Waals surface area contributed by atoms with Gasteiger partial charge in [0.15, 0.2) is 6.54 Å². The number of quaternary nitrogens is 1. The van der Waals surface area contributed by atoms with Gasteiger partial charge in [-0.2, -0.15) is 4.31 Å². The van der Waals surface area contributed by atoms with Crippen LogP contribution in [0.2, 0.25) is 5.02 Å². The number of sulfonamides is 1. The Kier molecular flexibility index (Phi) is 7.25. The summed E-state index contributed by atoms with van der Waals surface area (Å²) in [5.41, 5.74) is 0. The molecule has 1 heterocycles. The molecule has 1 aromatic carbocycles. The van der Waals surface area contributed by atoms with E-state index in [0.29, 0.717) is 32.7 Å². The number of nitrogens with one attached hydrogen (secondary N) is 2. The van der Waals surface area contributed by atoms with Crippen LogP contribution >= 0.6 is 11.6 Å². The largest absolute Gasteiger partial charge is 0.349 e. The van der Waals surface area contributed by atoms with Gasteiger partial charge in [0.05, 0.1) is 31.2 Å². The average Bonchev–Trinajstić information content (AvgIpc) is 2.55. The van der Waals surface area contributed by atoms with Crippen LogP contribution in [0.25, 0.3) is 0 Å². The molecule has 0 bridgehead atoms. The van der Waals surface area contributed by atoms with E-state index in [1.807, 2.05) is 6.92 Å². The topological polar surface area (TPSA) is 70.9 Å². The van der Waals surface area contributed by atoms with E-state index >= 15 is 0 Å². The molecular formula is C17H27ClN3O3S+.